The molecule has 21 heavy (non-hydrogen) atoms. The summed E-state index contributed by atoms with van der Waals surface area (Å²) in [5, 5.41) is 15.2. The summed E-state index contributed by atoms with van der Waals surface area (Å²) in [6, 6.07) is 7.49. The minimum Gasteiger partial charge on any atom is -0.378 e. The van der Waals surface area contributed by atoms with Crippen molar-refractivity contribution in [1.29, 1.82) is 0 Å². The third kappa shape index (κ3) is 2.95. The summed E-state index contributed by atoms with van der Waals surface area (Å²) in [6.07, 6.45) is 3.83. The van der Waals surface area contributed by atoms with Gasteiger partial charge in [-0.3, -0.25) is 10.1 Å². The summed E-state index contributed by atoms with van der Waals surface area (Å²) in [6.45, 7) is 3.87. The van der Waals surface area contributed by atoms with Crippen LogP contribution in [-0.2, 0) is 0 Å². The Balaban J connectivity index is 1.83. The number of anilines is 1. The molecule has 2 aromatic rings. The number of pyridine rings is 1. The van der Waals surface area contributed by atoms with Crippen molar-refractivity contribution in [3.63, 3.8) is 0 Å². The number of fused-ring (bicyclic) bond motifs is 1. The van der Waals surface area contributed by atoms with Crippen molar-refractivity contribution in [2.45, 2.75) is 12.8 Å². The molecule has 2 heterocycles. The average Bonchev–Trinajstić information content (AvgIpc) is 3.00. The topological polar surface area (TPSA) is 71.3 Å². The lowest BCUT2D eigenvalue weighted by Gasteiger charge is -2.16. The maximum Gasteiger partial charge on any atom is 0.311 e. The molecule has 1 aromatic carbocycles. The number of rotatable bonds is 5. The minimum absolute atomic E-state index is 0.0371. The second-order valence-electron chi connectivity index (χ2n) is 5.27. The number of nitrogens with zero attached hydrogens (tertiary/aromatic N) is 3. The zero-order chi connectivity index (χ0) is 14.7. The van der Waals surface area contributed by atoms with Crippen molar-refractivity contribution in [2.24, 2.45) is 0 Å². The van der Waals surface area contributed by atoms with E-state index in [9.17, 15) is 10.1 Å². The van der Waals surface area contributed by atoms with Crippen molar-refractivity contribution < 1.29 is 4.92 Å². The average molecular weight is 286 g/mol. The summed E-state index contributed by atoms with van der Waals surface area (Å²) >= 11 is 0. The predicted octanol–water partition coefficient (Wildman–Crippen LogP) is 2.65. The molecule has 0 atom stereocenters. The van der Waals surface area contributed by atoms with E-state index in [2.05, 4.69) is 15.2 Å². The molecule has 1 aliphatic rings. The van der Waals surface area contributed by atoms with Crippen LogP contribution in [0.2, 0.25) is 0 Å². The highest BCUT2D eigenvalue weighted by atomic mass is 16.6. The number of para-hydroxylation sites is 1. The summed E-state index contributed by atoms with van der Waals surface area (Å²) < 4.78 is 0. The van der Waals surface area contributed by atoms with Crippen molar-refractivity contribution in [2.75, 3.05) is 31.5 Å². The first-order valence-corrected chi connectivity index (χ1v) is 7.24. The first-order chi connectivity index (χ1) is 10.3. The van der Waals surface area contributed by atoms with E-state index < -0.39 is 0 Å². The summed E-state index contributed by atoms with van der Waals surface area (Å²) in [5.74, 6) is 0. The number of likely N-dealkylation sites (tertiary alicyclic amines) is 1. The number of nitro groups is 1. The lowest BCUT2D eigenvalue weighted by atomic mass is 10.1. The standard InChI is InChI=1S/C15H18N4O2/c20-19(21)14-11-17-13-6-2-1-5-12(13)15(14)16-7-10-18-8-3-4-9-18/h1-2,5-6,11H,3-4,7-10H2,(H,16,17). The van der Waals surface area contributed by atoms with Crippen LogP contribution in [0.25, 0.3) is 10.9 Å². The Morgan fingerprint density at radius 2 is 2.05 bits per heavy atom. The summed E-state index contributed by atoms with van der Waals surface area (Å²) in [4.78, 5) is 17.4. The van der Waals surface area contributed by atoms with Crippen LogP contribution in [0.5, 0.6) is 0 Å². The molecule has 0 bridgehead atoms. The van der Waals surface area contributed by atoms with Crippen molar-refractivity contribution in [3.05, 3.63) is 40.6 Å². The van der Waals surface area contributed by atoms with Crippen molar-refractivity contribution in [1.82, 2.24) is 9.88 Å². The molecule has 6 heteroatoms. The van der Waals surface area contributed by atoms with Crippen LogP contribution in [0, 0.1) is 10.1 Å². The molecular weight excluding hydrogens is 268 g/mol. The van der Waals surface area contributed by atoms with Crippen LogP contribution >= 0.6 is 0 Å². The first kappa shape index (κ1) is 13.8. The smallest absolute Gasteiger partial charge is 0.311 e. The van der Waals surface area contributed by atoms with Crippen LogP contribution in [0.1, 0.15) is 12.8 Å². The quantitative estimate of drug-likeness (QED) is 0.676. The van der Waals surface area contributed by atoms with Gasteiger partial charge in [0.25, 0.3) is 0 Å². The Bertz CT molecular complexity index is 653. The second-order valence-corrected chi connectivity index (χ2v) is 5.27. The number of nitrogens with one attached hydrogen (secondary N) is 1. The molecule has 3 rings (SSSR count). The van der Waals surface area contributed by atoms with Crippen LogP contribution in [0.3, 0.4) is 0 Å². The maximum absolute atomic E-state index is 11.2. The minimum atomic E-state index is -0.377. The van der Waals surface area contributed by atoms with Gasteiger partial charge in [-0.1, -0.05) is 18.2 Å². The van der Waals surface area contributed by atoms with E-state index in [1.54, 1.807) is 0 Å². The van der Waals surface area contributed by atoms with Gasteiger partial charge < -0.3 is 10.2 Å². The number of hydrogen-bond donors (Lipinski definition) is 1. The number of hydrogen-bond acceptors (Lipinski definition) is 5. The summed E-state index contributed by atoms with van der Waals surface area (Å²) in [7, 11) is 0. The third-order valence-electron chi connectivity index (χ3n) is 3.88. The Labute approximate surface area is 122 Å². The zero-order valence-electron chi connectivity index (χ0n) is 11.8. The van der Waals surface area contributed by atoms with E-state index in [0.29, 0.717) is 12.2 Å². The number of benzene rings is 1. The van der Waals surface area contributed by atoms with Crippen LogP contribution in [-0.4, -0.2) is 41.0 Å². The fraction of sp³-hybridized carbons (Fsp3) is 0.400. The molecule has 1 saturated heterocycles. The van der Waals surface area contributed by atoms with E-state index in [0.717, 1.165) is 30.5 Å². The first-order valence-electron chi connectivity index (χ1n) is 7.24. The fourth-order valence-corrected chi connectivity index (χ4v) is 2.80. The number of aromatic nitrogens is 1. The van der Waals surface area contributed by atoms with Gasteiger partial charge in [-0.2, -0.15) is 0 Å². The predicted molar refractivity (Wildman–Crippen MR) is 82.6 cm³/mol. The molecule has 1 fully saturated rings. The van der Waals surface area contributed by atoms with Crippen LogP contribution in [0.4, 0.5) is 11.4 Å². The van der Waals surface area contributed by atoms with Crippen LogP contribution < -0.4 is 5.32 Å². The van der Waals surface area contributed by atoms with Gasteiger partial charge in [-0.15, -0.1) is 0 Å². The molecule has 0 aliphatic carbocycles. The van der Waals surface area contributed by atoms with Gasteiger partial charge in [0, 0.05) is 18.5 Å². The monoisotopic (exact) mass is 286 g/mol. The highest BCUT2D eigenvalue weighted by molar-refractivity contribution is 5.95. The molecule has 1 aromatic heterocycles. The Kier molecular flexibility index (Phi) is 3.96. The van der Waals surface area contributed by atoms with Gasteiger partial charge in [-0.05, 0) is 32.0 Å². The Morgan fingerprint density at radius 3 is 2.81 bits per heavy atom. The highest BCUT2D eigenvalue weighted by Crippen LogP contribution is 2.31. The molecule has 6 nitrogen and oxygen atoms in total. The van der Waals surface area contributed by atoms with Crippen molar-refractivity contribution >= 4 is 22.3 Å². The fourth-order valence-electron chi connectivity index (χ4n) is 2.80. The van der Waals surface area contributed by atoms with E-state index in [-0.39, 0.29) is 10.6 Å². The second kappa shape index (κ2) is 6.05. The molecule has 1 N–H and O–H groups in total. The normalized spacial score (nSPS) is 15.4. The van der Waals surface area contributed by atoms with Crippen molar-refractivity contribution in [3.8, 4) is 0 Å². The van der Waals surface area contributed by atoms with E-state index in [1.165, 1.54) is 19.0 Å². The largest absolute Gasteiger partial charge is 0.378 e. The van der Waals surface area contributed by atoms with Gasteiger partial charge >= 0.3 is 5.69 Å². The molecule has 1 aliphatic heterocycles. The highest BCUT2D eigenvalue weighted by Gasteiger charge is 2.18. The molecule has 110 valence electrons. The van der Waals surface area contributed by atoms with Gasteiger partial charge in [0.05, 0.1) is 10.4 Å². The molecule has 0 saturated carbocycles. The van der Waals surface area contributed by atoms with Crippen LogP contribution in [0.15, 0.2) is 30.5 Å². The Hall–Kier alpha value is -2.21. The zero-order valence-corrected chi connectivity index (χ0v) is 11.8. The third-order valence-corrected chi connectivity index (χ3v) is 3.88. The van der Waals surface area contributed by atoms with E-state index >= 15 is 0 Å². The van der Waals surface area contributed by atoms with Gasteiger partial charge in [0.15, 0.2) is 0 Å². The van der Waals surface area contributed by atoms with Gasteiger partial charge in [0.2, 0.25) is 0 Å². The molecular formula is C15H18N4O2. The van der Waals surface area contributed by atoms with Gasteiger partial charge in [0.1, 0.15) is 11.9 Å². The molecule has 0 radical (unpaired) electrons. The lowest BCUT2D eigenvalue weighted by molar-refractivity contribution is -0.384. The molecule has 0 amide bonds. The van der Waals surface area contributed by atoms with E-state index in [4.69, 9.17) is 0 Å². The maximum atomic E-state index is 11.2. The lowest BCUT2D eigenvalue weighted by Crippen LogP contribution is -2.26. The SMILES string of the molecule is O=[N+]([O-])c1cnc2ccccc2c1NCCN1CCCC1. The van der Waals surface area contributed by atoms with E-state index in [1.807, 2.05) is 24.3 Å². The molecule has 0 spiro atoms. The van der Waals surface area contributed by atoms with Gasteiger partial charge in [-0.25, -0.2) is 4.98 Å². The Morgan fingerprint density at radius 1 is 1.29 bits per heavy atom. The summed E-state index contributed by atoms with van der Waals surface area (Å²) in [5.41, 5.74) is 1.38. The molecule has 0 unspecified atom stereocenters.